The summed E-state index contributed by atoms with van der Waals surface area (Å²) in [7, 11) is 3.38. The quantitative estimate of drug-likeness (QED) is 0.253. The molecule has 0 unspecified atom stereocenters. The van der Waals surface area contributed by atoms with Crippen molar-refractivity contribution in [3.63, 3.8) is 0 Å². The number of allylic oxidation sites excluding steroid dienone is 1. The van der Waals surface area contributed by atoms with Gasteiger partial charge in [-0.1, -0.05) is 30.8 Å². The average Bonchev–Trinajstić information content (AvgIpc) is 3.54. The number of halogens is 1. The molecule has 230 valence electrons. The van der Waals surface area contributed by atoms with Crippen molar-refractivity contribution in [3.05, 3.63) is 80.5 Å². The molecule has 3 aromatic rings. The molecule has 0 spiro atoms. The van der Waals surface area contributed by atoms with Crippen molar-refractivity contribution >= 4 is 29.0 Å². The second-order valence-electron chi connectivity index (χ2n) is 10.6. The number of fused-ring (bicyclic) bond motifs is 4. The topological polar surface area (TPSA) is 114 Å². The lowest BCUT2D eigenvalue weighted by Crippen LogP contribution is -2.51. The fraction of sp³-hybridized carbons (Fsp3) is 0.394. The van der Waals surface area contributed by atoms with E-state index in [0.717, 1.165) is 49.8 Å². The molecule has 0 atom stereocenters. The summed E-state index contributed by atoms with van der Waals surface area (Å²) in [6.45, 7) is 10.1. The number of carbonyl (C=O) groups excluding carboxylic acids is 1. The van der Waals surface area contributed by atoms with E-state index in [9.17, 15) is 9.59 Å². The fourth-order valence-electron chi connectivity index (χ4n) is 5.50. The molecule has 1 saturated heterocycles. The minimum Gasteiger partial charge on any atom is -0.451 e. The molecule has 5 rings (SSSR count). The van der Waals surface area contributed by atoms with E-state index >= 15 is 4.39 Å². The average molecular weight is 591 g/mol. The molecule has 0 saturated carbocycles. The Morgan fingerprint density at radius 2 is 1.72 bits per heavy atom. The van der Waals surface area contributed by atoms with E-state index in [1.165, 1.54) is 33.0 Å². The highest BCUT2D eigenvalue weighted by molar-refractivity contribution is 5.94. The van der Waals surface area contributed by atoms with E-state index in [2.05, 4.69) is 33.2 Å². The monoisotopic (exact) mass is 590 g/mol. The van der Waals surface area contributed by atoms with Gasteiger partial charge in [-0.2, -0.15) is 0 Å². The Bertz CT molecular complexity index is 1660. The van der Waals surface area contributed by atoms with Crippen molar-refractivity contribution in [2.75, 3.05) is 53.4 Å². The Kier molecular flexibility index (Phi) is 11.1. The number of ether oxygens (including phenoxy) is 1. The van der Waals surface area contributed by atoms with Crippen LogP contribution in [0.25, 0.3) is 28.8 Å². The summed E-state index contributed by atoms with van der Waals surface area (Å²) in [4.78, 5) is 29.0. The number of carbonyl (C=O) groups is 1. The number of nitrogens with two attached hydrogens (primary N) is 1. The van der Waals surface area contributed by atoms with Gasteiger partial charge >= 0.3 is 0 Å². The number of amides is 1. The smallest absolute Gasteiger partial charge is 0.256 e. The highest BCUT2D eigenvalue weighted by Crippen LogP contribution is 2.33. The van der Waals surface area contributed by atoms with E-state index in [1.54, 1.807) is 4.57 Å². The molecule has 10 heteroatoms. The molecule has 5 N–H and O–H groups in total. The van der Waals surface area contributed by atoms with Crippen LogP contribution in [0.3, 0.4) is 0 Å². The normalized spacial score (nSPS) is 14.7. The molecule has 1 fully saturated rings. The van der Waals surface area contributed by atoms with Crippen molar-refractivity contribution in [3.8, 4) is 11.4 Å². The Labute approximate surface area is 251 Å². The summed E-state index contributed by atoms with van der Waals surface area (Å²) in [6.07, 6.45) is 5.55. The number of hydrogen-bond acceptors (Lipinski definition) is 7. The number of unbranched alkanes of at least 4 members (excludes halogenated alkanes) is 1. The molecule has 0 radical (unpaired) electrons. The summed E-state index contributed by atoms with van der Waals surface area (Å²) >= 11 is 0. The second kappa shape index (κ2) is 15.0. The van der Waals surface area contributed by atoms with Crippen molar-refractivity contribution in [1.82, 2.24) is 25.4 Å². The Balaban J connectivity index is 0.00000207. The van der Waals surface area contributed by atoms with Gasteiger partial charge in [0.15, 0.2) is 11.5 Å². The van der Waals surface area contributed by atoms with Crippen LogP contribution in [0.4, 0.5) is 4.39 Å². The Hall–Kier alpha value is -3.99. The van der Waals surface area contributed by atoms with Crippen molar-refractivity contribution < 1.29 is 13.9 Å². The Morgan fingerprint density at radius 1 is 1.05 bits per heavy atom. The van der Waals surface area contributed by atoms with Crippen molar-refractivity contribution in [2.45, 2.75) is 32.6 Å². The lowest BCUT2D eigenvalue weighted by Gasteiger charge is -2.26. The third-order valence-corrected chi connectivity index (χ3v) is 7.70. The van der Waals surface area contributed by atoms with E-state index < -0.39 is 17.2 Å². The van der Waals surface area contributed by atoms with Gasteiger partial charge in [0, 0.05) is 31.0 Å². The molecular formula is C33H43FN6O3. The zero-order valence-corrected chi connectivity index (χ0v) is 25.4. The number of nitrogens with one attached hydrogen (secondary N) is 3. The zero-order chi connectivity index (χ0) is 30.9. The molecule has 2 aliphatic rings. The molecule has 1 aromatic heterocycles. The molecule has 1 amide bonds. The first-order valence-corrected chi connectivity index (χ1v) is 14.9. The lowest BCUT2D eigenvalue weighted by molar-refractivity contribution is 0.0951. The highest BCUT2D eigenvalue weighted by Gasteiger charge is 2.26. The third-order valence-electron chi connectivity index (χ3n) is 7.70. The van der Waals surface area contributed by atoms with Gasteiger partial charge in [-0.25, -0.2) is 4.39 Å². The van der Waals surface area contributed by atoms with Crippen molar-refractivity contribution in [2.24, 2.45) is 5.73 Å². The summed E-state index contributed by atoms with van der Waals surface area (Å²) in [6, 6.07) is 11.7. The standard InChI is InChI=1S/C32H38FN5O3.CH5N/c1-21-29-31(28(22(2)33)35-14-17-37-15-8-9-16-37)41-27-19-24-11-5-4-10-23(24)18-26(27)38(29)20-25(30(21)39)32(40)36-13-7-6-12-34-3;1-2/h4-5,10-11,18-20,34-35H,1,6-9,12-17H2,2-3H3,(H,36,40);2H2,1H3/b28-22-;. The van der Waals surface area contributed by atoms with Crippen LogP contribution >= 0.6 is 0 Å². The van der Waals surface area contributed by atoms with Crippen LogP contribution in [0.2, 0.25) is 0 Å². The maximum Gasteiger partial charge on any atom is 0.256 e. The van der Waals surface area contributed by atoms with Crippen LogP contribution in [0.5, 0.6) is 5.75 Å². The first-order chi connectivity index (χ1) is 20.9. The van der Waals surface area contributed by atoms with E-state index in [4.69, 9.17) is 4.74 Å². The first-order valence-electron chi connectivity index (χ1n) is 14.9. The third kappa shape index (κ3) is 7.15. The van der Waals surface area contributed by atoms with Gasteiger partial charge in [-0.05, 0) is 89.2 Å². The van der Waals surface area contributed by atoms with Crippen LogP contribution in [0.15, 0.2) is 58.9 Å². The number of nitrogens with zero attached hydrogens (tertiary/aromatic N) is 2. The van der Waals surface area contributed by atoms with Gasteiger partial charge in [0.05, 0.1) is 5.69 Å². The number of pyridine rings is 1. The number of benzene rings is 2. The van der Waals surface area contributed by atoms with Crippen LogP contribution in [-0.2, 0) is 0 Å². The molecule has 9 nitrogen and oxygen atoms in total. The lowest BCUT2D eigenvalue weighted by atomic mass is 10.1. The first kappa shape index (κ1) is 31.9. The molecule has 0 aliphatic carbocycles. The SMILES string of the molecule is C=c1c(=O)c(C(=O)NCCCCNC)cn2c1=C(/C(NCCN1CCCC1)=C(\C)F)Oc1cc3ccccc3cc1-2.CN. The van der Waals surface area contributed by atoms with Crippen LogP contribution in [0.1, 0.15) is 43.0 Å². The molecule has 43 heavy (non-hydrogen) atoms. The molecule has 0 bridgehead atoms. The number of rotatable bonds is 11. The van der Waals surface area contributed by atoms with Gasteiger partial charge in [-0.3, -0.25) is 9.59 Å². The van der Waals surface area contributed by atoms with Gasteiger partial charge in [-0.15, -0.1) is 0 Å². The van der Waals surface area contributed by atoms with E-state index in [-0.39, 0.29) is 22.2 Å². The van der Waals surface area contributed by atoms with E-state index in [1.807, 2.05) is 43.4 Å². The minimum atomic E-state index is -0.512. The summed E-state index contributed by atoms with van der Waals surface area (Å²) in [5.74, 6) is -0.258. The highest BCUT2D eigenvalue weighted by atomic mass is 19.1. The maximum absolute atomic E-state index is 15.2. The molecule has 2 aliphatic heterocycles. The zero-order valence-electron chi connectivity index (χ0n) is 25.4. The maximum atomic E-state index is 15.2. The van der Waals surface area contributed by atoms with Gasteiger partial charge in [0.1, 0.15) is 22.4 Å². The number of aromatic nitrogens is 1. The number of likely N-dealkylation sites (tertiary alicyclic amines) is 1. The largest absolute Gasteiger partial charge is 0.451 e. The Morgan fingerprint density at radius 3 is 2.40 bits per heavy atom. The summed E-state index contributed by atoms with van der Waals surface area (Å²) in [5, 5.41) is 11.5. The predicted molar refractivity (Wildman–Crippen MR) is 171 cm³/mol. The minimum absolute atomic E-state index is 0.0165. The summed E-state index contributed by atoms with van der Waals surface area (Å²) in [5.41, 5.74) is 4.78. The van der Waals surface area contributed by atoms with Crippen LogP contribution in [-0.4, -0.2) is 68.7 Å². The molecule has 3 heterocycles. The van der Waals surface area contributed by atoms with Crippen LogP contribution in [0, 0.1) is 0 Å². The van der Waals surface area contributed by atoms with E-state index in [0.29, 0.717) is 29.9 Å². The number of hydrogen-bond donors (Lipinski definition) is 4. The summed E-state index contributed by atoms with van der Waals surface area (Å²) < 4.78 is 23.3. The predicted octanol–water partition coefficient (Wildman–Crippen LogP) is 2.09. The van der Waals surface area contributed by atoms with Gasteiger partial charge < -0.3 is 35.9 Å². The molecule has 2 aromatic carbocycles. The fourth-order valence-corrected chi connectivity index (χ4v) is 5.50. The van der Waals surface area contributed by atoms with Gasteiger partial charge in [0.2, 0.25) is 5.43 Å². The van der Waals surface area contributed by atoms with Gasteiger partial charge in [0.25, 0.3) is 5.91 Å². The van der Waals surface area contributed by atoms with Crippen LogP contribution < -0.4 is 42.4 Å². The van der Waals surface area contributed by atoms with Crippen molar-refractivity contribution in [1.29, 1.82) is 0 Å². The molecular weight excluding hydrogens is 547 g/mol. The second-order valence-corrected chi connectivity index (χ2v) is 10.6.